The highest BCUT2D eigenvalue weighted by Gasteiger charge is 1.96. The van der Waals surface area contributed by atoms with E-state index < -0.39 is 0 Å². The van der Waals surface area contributed by atoms with Gasteiger partial charge in [0.1, 0.15) is 0 Å². The number of nitrogens with two attached hydrogens (primary N) is 1. The van der Waals surface area contributed by atoms with Gasteiger partial charge in [0, 0.05) is 31.6 Å². The van der Waals surface area contributed by atoms with Crippen molar-refractivity contribution in [2.75, 3.05) is 19.8 Å². The smallest absolute Gasteiger partial charge is 0.206 e. The molecule has 0 aliphatic rings. The fraction of sp³-hybridized carbons (Fsp3) is 0.538. The van der Waals surface area contributed by atoms with Crippen LogP contribution in [0.25, 0.3) is 0 Å². The second kappa shape index (κ2) is 9.29. The summed E-state index contributed by atoms with van der Waals surface area (Å²) in [5, 5.41) is 3.12. The van der Waals surface area contributed by atoms with Gasteiger partial charge >= 0.3 is 0 Å². The predicted molar refractivity (Wildman–Crippen MR) is 76.5 cm³/mol. The van der Waals surface area contributed by atoms with Gasteiger partial charge in [0.25, 0.3) is 0 Å². The Kier molecular flexibility index (Phi) is 7.53. The van der Waals surface area contributed by atoms with Gasteiger partial charge in [0.15, 0.2) is 0 Å². The van der Waals surface area contributed by atoms with Crippen molar-refractivity contribution in [1.82, 2.24) is 15.7 Å². The van der Waals surface area contributed by atoms with Gasteiger partial charge in [0.2, 0.25) is 5.96 Å². The molecule has 1 rings (SSSR count). The molecule has 1 aromatic heterocycles. The Bertz CT molecular complexity index is 377. The van der Waals surface area contributed by atoms with E-state index in [0.717, 1.165) is 37.4 Å². The van der Waals surface area contributed by atoms with Gasteiger partial charge in [-0.15, -0.1) is 0 Å². The van der Waals surface area contributed by atoms with Crippen molar-refractivity contribution >= 4 is 5.96 Å². The van der Waals surface area contributed by atoms with Gasteiger partial charge in [-0.1, -0.05) is 6.07 Å². The van der Waals surface area contributed by atoms with Gasteiger partial charge < -0.3 is 10.1 Å². The number of aromatic nitrogens is 1. The number of nitrogens with one attached hydrogen (secondary N) is 2. The Morgan fingerprint density at radius 1 is 1.47 bits per heavy atom. The molecule has 4 N–H and O–H groups in total. The molecule has 0 radical (unpaired) electrons. The van der Waals surface area contributed by atoms with Crippen LogP contribution in [0.5, 0.6) is 0 Å². The Balaban J connectivity index is 2.33. The van der Waals surface area contributed by atoms with Crippen molar-refractivity contribution < 1.29 is 4.74 Å². The number of ether oxygens (including phenoxy) is 1. The van der Waals surface area contributed by atoms with E-state index in [2.05, 4.69) is 20.7 Å². The van der Waals surface area contributed by atoms with Crippen LogP contribution in [0.15, 0.2) is 23.3 Å². The summed E-state index contributed by atoms with van der Waals surface area (Å²) in [6.45, 7) is 6.75. The third-order valence-electron chi connectivity index (χ3n) is 2.49. The normalized spacial score (nSPS) is 11.4. The Morgan fingerprint density at radius 2 is 2.32 bits per heavy atom. The molecule has 0 atom stereocenters. The van der Waals surface area contributed by atoms with E-state index >= 15 is 0 Å². The van der Waals surface area contributed by atoms with Crippen LogP contribution in [0, 0.1) is 6.92 Å². The van der Waals surface area contributed by atoms with Crippen LogP contribution in [0.2, 0.25) is 0 Å². The minimum Gasteiger partial charge on any atom is -0.382 e. The third-order valence-corrected chi connectivity index (χ3v) is 2.49. The van der Waals surface area contributed by atoms with Crippen LogP contribution in [0.1, 0.15) is 24.6 Å². The zero-order valence-electron chi connectivity index (χ0n) is 11.6. The summed E-state index contributed by atoms with van der Waals surface area (Å²) in [5.41, 5.74) is 4.60. The Hall–Kier alpha value is -1.66. The summed E-state index contributed by atoms with van der Waals surface area (Å²) in [5.74, 6) is 5.99. The van der Waals surface area contributed by atoms with Crippen LogP contribution in [0.3, 0.4) is 0 Å². The van der Waals surface area contributed by atoms with E-state index in [1.807, 2.05) is 32.2 Å². The molecule has 6 heteroatoms. The van der Waals surface area contributed by atoms with Crippen molar-refractivity contribution in [2.45, 2.75) is 26.8 Å². The van der Waals surface area contributed by atoms with E-state index in [-0.39, 0.29) is 0 Å². The highest BCUT2D eigenvalue weighted by molar-refractivity contribution is 5.79. The third kappa shape index (κ3) is 6.73. The van der Waals surface area contributed by atoms with Crippen molar-refractivity contribution in [3.05, 3.63) is 29.6 Å². The number of nitrogens with zero attached hydrogens (tertiary/aromatic N) is 2. The number of aryl methyl sites for hydroxylation is 1. The number of aliphatic imine (C=N–C) groups is 1. The van der Waals surface area contributed by atoms with E-state index in [1.54, 1.807) is 0 Å². The number of hydrogen-bond donors (Lipinski definition) is 3. The van der Waals surface area contributed by atoms with Crippen molar-refractivity contribution in [2.24, 2.45) is 10.8 Å². The molecule has 0 fully saturated rings. The van der Waals surface area contributed by atoms with Gasteiger partial charge in [-0.3, -0.25) is 10.4 Å². The average Bonchev–Trinajstić information content (AvgIpc) is 2.44. The van der Waals surface area contributed by atoms with Crippen LogP contribution in [-0.4, -0.2) is 30.7 Å². The molecule has 19 heavy (non-hydrogen) atoms. The Morgan fingerprint density at radius 3 is 2.95 bits per heavy atom. The summed E-state index contributed by atoms with van der Waals surface area (Å²) >= 11 is 0. The fourth-order valence-corrected chi connectivity index (χ4v) is 1.44. The largest absolute Gasteiger partial charge is 0.382 e. The van der Waals surface area contributed by atoms with Crippen LogP contribution in [0.4, 0.5) is 0 Å². The molecule has 0 aromatic carbocycles. The van der Waals surface area contributed by atoms with Crippen molar-refractivity contribution in [3.8, 4) is 0 Å². The second-order valence-electron chi connectivity index (χ2n) is 4.09. The first-order chi connectivity index (χ1) is 9.26. The molecule has 0 bridgehead atoms. The summed E-state index contributed by atoms with van der Waals surface area (Å²) < 4.78 is 5.25. The molecule has 1 heterocycles. The zero-order valence-corrected chi connectivity index (χ0v) is 11.6. The van der Waals surface area contributed by atoms with Gasteiger partial charge in [0.05, 0.1) is 6.54 Å². The molecule has 0 saturated carbocycles. The quantitative estimate of drug-likeness (QED) is 0.222. The second-order valence-corrected chi connectivity index (χ2v) is 4.09. The van der Waals surface area contributed by atoms with Crippen molar-refractivity contribution in [3.63, 3.8) is 0 Å². The molecule has 6 nitrogen and oxygen atoms in total. The first-order valence-corrected chi connectivity index (χ1v) is 6.50. The molecule has 1 aromatic rings. The van der Waals surface area contributed by atoms with E-state index in [4.69, 9.17) is 10.6 Å². The lowest BCUT2D eigenvalue weighted by Crippen LogP contribution is -2.42. The molecule has 0 spiro atoms. The topological polar surface area (TPSA) is 84.6 Å². The van der Waals surface area contributed by atoms with E-state index in [1.165, 1.54) is 0 Å². The lowest BCUT2D eigenvalue weighted by atomic mass is 10.2. The summed E-state index contributed by atoms with van der Waals surface area (Å²) in [4.78, 5) is 8.57. The van der Waals surface area contributed by atoms with Gasteiger partial charge in [-0.05, 0) is 31.9 Å². The first-order valence-electron chi connectivity index (χ1n) is 6.50. The minimum absolute atomic E-state index is 0.547. The highest BCUT2D eigenvalue weighted by Crippen LogP contribution is 2.00. The van der Waals surface area contributed by atoms with Gasteiger partial charge in [-0.2, -0.15) is 0 Å². The average molecular weight is 265 g/mol. The molecule has 0 unspecified atom stereocenters. The SMILES string of the molecule is CCOCCCNC(=NCc1ccc(C)nc1)NN. The molecule has 0 saturated heterocycles. The number of hydrazine groups is 1. The molecule has 0 aliphatic heterocycles. The lowest BCUT2D eigenvalue weighted by molar-refractivity contribution is 0.145. The monoisotopic (exact) mass is 265 g/mol. The standard InChI is InChI=1S/C13H23N5O/c1-3-19-8-4-7-15-13(18-14)17-10-12-6-5-11(2)16-9-12/h5-6,9H,3-4,7-8,10,14H2,1-2H3,(H2,15,17,18). The number of hydrogen-bond acceptors (Lipinski definition) is 4. The molecular weight excluding hydrogens is 242 g/mol. The molecule has 0 aliphatic carbocycles. The van der Waals surface area contributed by atoms with E-state index in [9.17, 15) is 0 Å². The van der Waals surface area contributed by atoms with Gasteiger partial charge in [-0.25, -0.2) is 10.8 Å². The minimum atomic E-state index is 0.547. The Labute approximate surface area is 114 Å². The number of pyridine rings is 1. The summed E-state index contributed by atoms with van der Waals surface area (Å²) in [6.07, 6.45) is 2.74. The van der Waals surface area contributed by atoms with Crippen LogP contribution < -0.4 is 16.6 Å². The predicted octanol–water partition coefficient (Wildman–Crippen LogP) is 0.726. The van der Waals surface area contributed by atoms with E-state index in [0.29, 0.717) is 12.5 Å². The number of rotatable bonds is 7. The maximum atomic E-state index is 5.41. The fourth-order valence-electron chi connectivity index (χ4n) is 1.44. The van der Waals surface area contributed by atoms with Crippen molar-refractivity contribution in [1.29, 1.82) is 0 Å². The van der Waals surface area contributed by atoms with Crippen LogP contribution in [-0.2, 0) is 11.3 Å². The zero-order chi connectivity index (χ0) is 13.9. The first kappa shape index (κ1) is 15.4. The van der Waals surface area contributed by atoms with Crippen LogP contribution >= 0.6 is 0 Å². The summed E-state index contributed by atoms with van der Waals surface area (Å²) in [7, 11) is 0. The number of guanidine groups is 1. The molecule has 0 amide bonds. The molecule has 106 valence electrons. The highest BCUT2D eigenvalue weighted by atomic mass is 16.5. The summed E-state index contributed by atoms with van der Waals surface area (Å²) in [6, 6.07) is 3.98. The lowest BCUT2D eigenvalue weighted by Gasteiger charge is -2.09. The maximum Gasteiger partial charge on any atom is 0.206 e. The molecular formula is C13H23N5O. The maximum absolute atomic E-state index is 5.41.